The number of nitrogens with zero attached hydrogens (tertiary/aromatic N) is 2. The molecule has 1 atom stereocenters. The molecule has 1 aromatic heterocycles. The molecule has 0 aromatic carbocycles. The number of rotatable bonds is 5. The van der Waals surface area contributed by atoms with Crippen molar-refractivity contribution in [3.05, 3.63) is 28.9 Å². The molecule has 1 fully saturated rings. The third-order valence-electron chi connectivity index (χ3n) is 3.87. The summed E-state index contributed by atoms with van der Waals surface area (Å²) in [5.74, 6) is 0.700. The first-order valence-electron chi connectivity index (χ1n) is 7.05. The second-order valence-electron chi connectivity index (χ2n) is 5.13. The second-order valence-corrected chi connectivity index (χ2v) is 5.13. The smallest absolute Gasteiger partial charge is 0.253 e. The number of hydrogen-bond acceptors (Lipinski definition) is 3. The predicted molar refractivity (Wildman–Crippen MR) is 72.5 cm³/mol. The Morgan fingerprint density at radius 1 is 1.44 bits per heavy atom. The van der Waals surface area contributed by atoms with Crippen molar-refractivity contribution in [1.29, 1.82) is 0 Å². The molecule has 100 valence electrons. The van der Waals surface area contributed by atoms with Crippen molar-refractivity contribution >= 4 is 0 Å². The van der Waals surface area contributed by atoms with Crippen molar-refractivity contribution in [2.45, 2.75) is 51.6 Å². The van der Waals surface area contributed by atoms with Gasteiger partial charge in [-0.25, -0.2) is 4.98 Å². The molecule has 1 aliphatic rings. The van der Waals surface area contributed by atoms with Crippen LogP contribution in [-0.4, -0.2) is 22.1 Å². The Hall–Kier alpha value is -1.16. The largest absolute Gasteiger partial charge is 0.312 e. The van der Waals surface area contributed by atoms with E-state index in [-0.39, 0.29) is 5.56 Å². The highest BCUT2D eigenvalue weighted by molar-refractivity contribution is 4.86. The molecule has 4 nitrogen and oxygen atoms in total. The predicted octanol–water partition coefficient (Wildman–Crippen LogP) is 1.80. The van der Waals surface area contributed by atoms with Gasteiger partial charge in [-0.05, 0) is 25.3 Å². The van der Waals surface area contributed by atoms with Crippen molar-refractivity contribution in [2.75, 3.05) is 6.54 Å². The molecule has 0 aliphatic heterocycles. The highest BCUT2D eigenvalue weighted by Gasteiger charge is 2.23. The molecule has 0 amide bonds. The summed E-state index contributed by atoms with van der Waals surface area (Å²) in [6.45, 7) is 3.82. The Kier molecular flexibility index (Phi) is 4.93. The summed E-state index contributed by atoms with van der Waals surface area (Å²) in [7, 11) is 0. The maximum Gasteiger partial charge on any atom is 0.253 e. The van der Waals surface area contributed by atoms with Gasteiger partial charge < -0.3 is 5.32 Å². The minimum atomic E-state index is 0.0451. The first-order chi connectivity index (χ1) is 8.81. The second kappa shape index (κ2) is 6.69. The van der Waals surface area contributed by atoms with E-state index in [1.54, 1.807) is 17.1 Å². The zero-order chi connectivity index (χ0) is 12.8. The number of hydrogen-bond donors (Lipinski definition) is 1. The molecule has 2 rings (SSSR count). The van der Waals surface area contributed by atoms with Gasteiger partial charge in [0.1, 0.15) is 0 Å². The van der Waals surface area contributed by atoms with Gasteiger partial charge >= 0.3 is 0 Å². The third-order valence-corrected chi connectivity index (χ3v) is 3.87. The van der Waals surface area contributed by atoms with E-state index in [0.717, 1.165) is 13.1 Å². The van der Waals surface area contributed by atoms with E-state index in [0.29, 0.717) is 12.0 Å². The fourth-order valence-electron chi connectivity index (χ4n) is 2.91. The fourth-order valence-corrected chi connectivity index (χ4v) is 2.91. The van der Waals surface area contributed by atoms with Gasteiger partial charge in [0, 0.05) is 24.8 Å². The lowest BCUT2D eigenvalue weighted by Gasteiger charge is -2.31. The molecular formula is C14H23N3O. The summed E-state index contributed by atoms with van der Waals surface area (Å²) in [5.41, 5.74) is 0.0451. The van der Waals surface area contributed by atoms with Crippen LogP contribution in [0.3, 0.4) is 0 Å². The van der Waals surface area contributed by atoms with Crippen LogP contribution in [0.1, 0.15) is 39.0 Å². The first-order valence-corrected chi connectivity index (χ1v) is 7.05. The molecule has 1 heterocycles. The van der Waals surface area contributed by atoms with Gasteiger partial charge in [-0.3, -0.25) is 9.36 Å². The molecule has 0 saturated heterocycles. The van der Waals surface area contributed by atoms with Crippen molar-refractivity contribution in [1.82, 2.24) is 14.9 Å². The Labute approximate surface area is 108 Å². The average molecular weight is 249 g/mol. The molecular weight excluding hydrogens is 226 g/mol. The minimum absolute atomic E-state index is 0.0451. The van der Waals surface area contributed by atoms with Gasteiger partial charge in [-0.15, -0.1) is 0 Å². The maximum atomic E-state index is 11.7. The fraction of sp³-hybridized carbons (Fsp3) is 0.714. The van der Waals surface area contributed by atoms with Crippen LogP contribution in [0.25, 0.3) is 0 Å². The molecule has 0 bridgehead atoms. The van der Waals surface area contributed by atoms with Crippen LogP contribution >= 0.6 is 0 Å². The van der Waals surface area contributed by atoms with Crippen molar-refractivity contribution in [3.63, 3.8) is 0 Å². The van der Waals surface area contributed by atoms with E-state index in [9.17, 15) is 4.79 Å². The Balaban J connectivity index is 2.05. The summed E-state index contributed by atoms with van der Waals surface area (Å²) in [4.78, 5) is 15.8. The highest BCUT2D eigenvalue weighted by atomic mass is 16.1. The van der Waals surface area contributed by atoms with E-state index in [2.05, 4.69) is 17.2 Å². The Bertz CT molecular complexity index is 410. The van der Waals surface area contributed by atoms with E-state index in [1.807, 2.05) is 0 Å². The normalized spacial score (nSPS) is 18.7. The van der Waals surface area contributed by atoms with Gasteiger partial charge in [0.05, 0.1) is 6.33 Å². The topological polar surface area (TPSA) is 46.9 Å². The van der Waals surface area contributed by atoms with E-state index in [1.165, 1.54) is 38.2 Å². The van der Waals surface area contributed by atoms with Crippen molar-refractivity contribution in [3.8, 4) is 0 Å². The van der Waals surface area contributed by atoms with E-state index in [4.69, 9.17) is 0 Å². The van der Waals surface area contributed by atoms with Crippen LogP contribution in [0.4, 0.5) is 0 Å². The van der Waals surface area contributed by atoms with Gasteiger partial charge in [0.15, 0.2) is 0 Å². The monoisotopic (exact) mass is 249 g/mol. The first kappa shape index (κ1) is 13.3. The number of likely N-dealkylation sites (N-methyl/N-ethyl adjacent to an activating group) is 1. The molecule has 0 spiro atoms. The Morgan fingerprint density at radius 3 is 2.89 bits per heavy atom. The molecule has 0 radical (unpaired) electrons. The molecule has 18 heavy (non-hydrogen) atoms. The third kappa shape index (κ3) is 3.42. The summed E-state index contributed by atoms with van der Waals surface area (Å²) < 4.78 is 1.72. The van der Waals surface area contributed by atoms with Crippen LogP contribution in [0.2, 0.25) is 0 Å². The van der Waals surface area contributed by atoms with Gasteiger partial charge in [0.25, 0.3) is 5.56 Å². The number of nitrogens with one attached hydrogen (secondary N) is 1. The minimum Gasteiger partial charge on any atom is -0.312 e. The standard InChI is InChI=1S/C14H23N3O/c1-2-16-13(12-6-4-3-5-7-12)10-17-11-15-9-8-14(17)18/h8-9,11-13,16H,2-7,10H2,1H3. The van der Waals surface area contributed by atoms with Crippen LogP contribution < -0.4 is 10.9 Å². The summed E-state index contributed by atoms with van der Waals surface area (Å²) in [6.07, 6.45) is 9.79. The quantitative estimate of drug-likeness (QED) is 0.865. The average Bonchev–Trinajstić information content (AvgIpc) is 2.42. The molecule has 1 aromatic rings. The zero-order valence-corrected chi connectivity index (χ0v) is 11.1. The summed E-state index contributed by atoms with van der Waals surface area (Å²) >= 11 is 0. The Morgan fingerprint density at radius 2 is 2.22 bits per heavy atom. The lowest BCUT2D eigenvalue weighted by atomic mass is 9.84. The number of aromatic nitrogens is 2. The van der Waals surface area contributed by atoms with Crippen LogP contribution in [-0.2, 0) is 6.54 Å². The van der Waals surface area contributed by atoms with Crippen molar-refractivity contribution < 1.29 is 0 Å². The van der Waals surface area contributed by atoms with Gasteiger partial charge in [-0.2, -0.15) is 0 Å². The molecule has 1 saturated carbocycles. The molecule has 4 heteroatoms. The maximum absolute atomic E-state index is 11.7. The van der Waals surface area contributed by atoms with Gasteiger partial charge in [0.2, 0.25) is 0 Å². The van der Waals surface area contributed by atoms with Gasteiger partial charge in [-0.1, -0.05) is 26.2 Å². The van der Waals surface area contributed by atoms with E-state index >= 15 is 0 Å². The molecule has 1 N–H and O–H groups in total. The lowest BCUT2D eigenvalue weighted by molar-refractivity contribution is 0.248. The van der Waals surface area contributed by atoms with Crippen LogP contribution in [0.5, 0.6) is 0 Å². The molecule has 1 aliphatic carbocycles. The van der Waals surface area contributed by atoms with Crippen LogP contribution in [0.15, 0.2) is 23.4 Å². The summed E-state index contributed by atoms with van der Waals surface area (Å²) in [6, 6.07) is 1.93. The van der Waals surface area contributed by atoms with E-state index < -0.39 is 0 Å². The van der Waals surface area contributed by atoms with Crippen molar-refractivity contribution in [2.24, 2.45) is 5.92 Å². The van der Waals surface area contributed by atoms with Crippen LogP contribution in [0, 0.1) is 5.92 Å². The lowest BCUT2D eigenvalue weighted by Crippen LogP contribution is -2.42. The highest BCUT2D eigenvalue weighted by Crippen LogP contribution is 2.26. The zero-order valence-electron chi connectivity index (χ0n) is 11.1. The summed E-state index contributed by atoms with van der Waals surface area (Å²) in [5, 5.41) is 3.54. The molecule has 1 unspecified atom stereocenters. The SMILES string of the molecule is CCNC(Cn1cnccc1=O)C1CCCCC1.